The number of nitrogens with zero attached hydrogens (tertiary/aromatic N) is 2. The minimum atomic E-state index is -0.359. The quantitative estimate of drug-likeness (QED) is 0.803. The molecular formula is C14H22N2O3S. The number of carbonyl (C=O) groups excluding carboxylic acids is 1. The van der Waals surface area contributed by atoms with E-state index in [0.29, 0.717) is 12.3 Å². The second-order valence-electron chi connectivity index (χ2n) is 6.21. The highest BCUT2D eigenvalue weighted by atomic mass is 32.1. The molecule has 0 unspecified atom stereocenters. The van der Waals surface area contributed by atoms with Crippen molar-refractivity contribution in [3.8, 4) is 0 Å². The highest BCUT2D eigenvalue weighted by Crippen LogP contribution is 2.32. The Kier molecular flexibility index (Phi) is 4.07. The maximum Gasteiger partial charge on any atom is 0.357 e. The van der Waals surface area contributed by atoms with Gasteiger partial charge >= 0.3 is 5.97 Å². The van der Waals surface area contributed by atoms with Crippen molar-refractivity contribution in [3.05, 3.63) is 11.1 Å². The standard InChI is InChI=1S/C14H22N2O3S/c1-6-18-11(17)10-7-20-12(15-10)16-8-13(2,3)19-14(4,5)9-16/h7H,6,8-9H2,1-5H3. The lowest BCUT2D eigenvalue weighted by Crippen LogP contribution is -2.57. The second kappa shape index (κ2) is 5.33. The number of thiazole rings is 1. The highest BCUT2D eigenvalue weighted by Gasteiger charge is 2.39. The van der Waals surface area contributed by atoms with Gasteiger partial charge in [0.1, 0.15) is 0 Å². The van der Waals surface area contributed by atoms with Gasteiger partial charge in [-0.3, -0.25) is 0 Å². The molecule has 1 fully saturated rings. The minimum Gasteiger partial charge on any atom is -0.461 e. The second-order valence-corrected chi connectivity index (χ2v) is 7.05. The van der Waals surface area contributed by atoms with Crippen LogP contribution in [0.5, 0.6) is 0 Å². The number of esters is 1. The molecule has 1 aromatic rings. The Labute approximate surface area is 123 Å². The van der Waals surface area contributed by atoms with Gasteiger partial charge in [-0.2, -0.15) is 0 Å². The summed E-state index contributed by atoms with van der Waals surface area (Å²) in [6, 6.07) is 0. The summed E-state index contributed by atoms with van der Waals surface area (Å²) in [5.74, 6) is -0.359. The zero-order valence-corrected chi connectivity index (χ0v) is 13.5. The zero-order valence-electron chi connectivity index (χ0n) is 12.7. The van der Waals surface area contributed by atoms with Crippen LogP contribution in [-0.4, -0.2) is 41.9 Å². The normalized spacial score (nSPS) is 20.8. The van der Waals surface area contributed by atoms with Gasteiger partial charge in [-0.05, 0) is 34.6 Å². The van der Waals surface area contributed by atoms with Crippen molar-refractivity contribution in [3.63, 3.8) is 0 Å². The Morgan fingerprint density at radius 3 is 2.55 bits per heavy atom. The van der Waals surface area contributed by atoms with Crippen molar-refractivity contribution in [2.24, 2.45) is 0 Å². The van der Waals surface area contributed by atoms with Gasteiger partial charge in [0.05, 0.1) is 17.8 Å². The van der Waals surface area contributed by atoms with Gasteiger partial charge in [-0.15, -0.1) is 11.3 Å². The third kappa shape index (κ3) is 3.49. The third-order valence-electron chi connectivity index (χ3n) is 2.94. The van der Waals surface area contributed by atoms with Crippen molar-refractivity contribution in [1.82, 2.24) is 4.98 Å². The van der Waals surface area contributed by atoms with Crippen LogP contribution in [0.25, 0.3) is 0 Å². The summed E-state index contributed by atoms with van der Waals surface area (Å²) in [6.07, 6.45) is 0. The fourth-order valence-electron chi connectivity index (χ4n) is 2.63. The average molecular weight is 298 g/mol. The van der Waals surface area contributed by atoms with E-state index < -0.39 is 0 Å². The average Bonchev–Trinajstić information content (AvgIpc) is 2.74. The predicted molar refractivity (Wildman–Crippen MR) is 79.5 cm³/mol. The zero-order chi connectivity index (χ0) is 15.0. The summed E-state index contributed by atoms with van der Waals surface area (Å²) < 4.78 is 11.0. The van der Waals surface area contributed by atoms with Gasteiger partial charge in [0.2, 0.25) is 0 Å². The highest BCUT2D eigenvalue weighted by molar-refractivity contribution is 7.13. The number of ether oxygens (including phenoxy) is 2. The topological polar surface area (TPSA) is 51.7 Å². The molecule has 0 N–H and O–H groups in total. The maximum absolute atomic E-state index is 11.7. The van der Waals surface area contributed by atoms with Gasteiger partial charge in [0, 0.05) is 18.5 Å². The maximum atomic E-state index is 11.7. The van der Waals surface area contributed by atoms with Gasteiger partial charge in [-0.1, -0.05) is 0 Å². The summed E-state index contributed by atoms with van der Waals surface area (Å²) in [5.41, 5.74) is -0.0939. The van der Waals surface area contributed by atoms with Gasteiger partial charge in [-0.25, -0.2) is 9.78 Å². The van der Waals surface area contributed by atoms with Crippen LogP contribution in [0.4, 0.5) is 5.13 Å². The first-order valence-electron chi connectivity index (χ1n) is 6.80. The van der Waals surface area contributed by atoms with E-state index in [1.807, 2.05) is 0 Å². The number of carbonyl (C=O) groups is 1. The molecule has 0 radical (unpaired) electrons. The van der Waals surface area contributed by atoms with Crippen molar-refractivity contribution < 1.29 is 14.3 Å². The molecule has 0 atom stereocenters. The van der Waals surface area contributed by atoms with Gasteiger partial charge < -0.3 is 14.4 Å². The van der Waals surface area contributed by atoms with E-state index >= 15 is 0 Å². The van der Waals surface area contributed by atoms with Crippen LogP contribution in [0.15, 0.2) is 5.38 Å². The van der Waals surface area contributed by atoms with Crippen molar-refractivity contribution in [2.45, 2.75) is 45.8 Å². The summed E-state index contributed by atoms with van der Waals surface area (Å²) >= 11 is 1.47. The minimum absolute atomic E-state index is 0.239. The van der Waals surface area contributed by atoms with Crippen LogP contribution < -0.4 is 4.90 Å². The van der Waals surface area contributed by atoms with Crippen LogP contribution in [0, 0.1) is 0 Å². The number of anilines is 1. The summed E-state index contributed by atoms with van der Waals surface area (Å²) in [6.45, 7) is 11.9. The van der Waals surface area contributed by atoms with E-state index in [1.165, 1.54) is 11.3 Å². The Hall–Kier alpha value is -1.14. The molecule has 0 aromatic carbocycles. The van der Waals surface area contributed by atoms with E-state index in [1.54, 1.807) is 12.3 Å². The molecule has 20 heavy (non-hydrogen) atoms. The summed E-state index contributed by atoms with van der Waals surface area (Å²) in [4.78, 5) is 18.2. The van der Waals surface area contributed by atoms with Crippen LogP contribution in [0.2, 0.25) is 0 Å². The van der Waals surface area contributed by atoms with Crippen molar-refractivity contribution in [1.29, 1.82) is 0 Å². The SMILES string of the molecule is CCOC(=O)c1csc(N2CC(C)(C)OC(C)(C)C2)n1. The van der Waals surface area contributed by atoms with Crippen LogP contribution >= 0.6 is 11.3 Å². The summed E-state index contributed by atoms with van der Waals surface area (Å²) in [5, 5.41) is 2.60. The molecule has 1 aliphatic heterocycles. The lowest BCUT2D eigenvalue weighted by atomic mass is 9.99. The van der Waals surface area contributed by atoms with Crippen LogP contribution in [0.1, 0.15) is 45.1 Å². The summed E-state index contributed by atoms with van der Waals surface area (Å²) in [7, 11) is 0. The van der Waals surface area contributed by atoms with E-state index in [9.17, 15) is 4.79 Å². The smallest absolute Gasteiger partial charge is 0.357 e. The molecule has 0 spiro atoms. The fraction of sp³-hybridized carbons (Fsp3) is 0.714. The molecule has 0 amide bonds. The number of hydrogen-bond acceptors (Lipinski definition) is 6. The lowest BCUT2D eigenvalue weighted by molar-refractivity contribution is -0.133. The van der Waals surface area contributed by atoms with Crippen molar-refractivity contribution in [2.75, 3.05) is 24.6 Å². The Morgan fingerprint density at radius 2 is 2.00 bits per heavy atom. The number of morpholine rings is 1. The predicted octanol–water partition coefficient (Wildman–Crippen LogP) is 2.71. The molecular weight excluding hydrogens is 276 g/mol. The van der Waals surface area contributed by atoms with E-state index in [-0.39, 0.29) is 17.2 Å². The van der Waals surface area contributed by atoms with Crippen LogP contribution in [0.3, 0.4) is 0 Å². The molecule has 5 nitrogen and oxygen atoms in total. The first-order chi connectivity index (χ1) is 9.22. The Morgan fingerprint density at radius 1 is 1.40 bits per heavy atom. The molecule has 1 saturated heterocycles. The number of hydrogen-bond donors (Lipinski definition) is 0. The molecule has 112 valence electrons. The number of aromatic nitrogens is 1. The lowest BCUT2D eigenvalue weighted by Gasteiger charge is -2.47. The van der Waals surface area contributed by atoms with Crippen molar-refractivity contribution >= 4 is 22.4 Å². The third-order valence-corrected chi connectivity index (χ3v) is 3.84. The molecule has 6 heteroatoms. The van der Waals surface area contributed by atoms with E-state index in [4.69, 9.17) is 9.47 Å². The molecule has 0 saturated carbocycles. The van der Waals surface area contributed by atoms with Gasteiger partial charge in [0.15, 0.2) is 10.8 Å². The number of rotatable bonds is 3. The first-order valence-corrected chi connectivity index (χ1v) is 7.68. The van der Waals surface area contributed by atoms with Gasteiger partial charge in [0.25, 0.3) is 0 Å². The molecule has 2 heterocycles. The van der Waals surface area contributed by atoms with Crippen LogP contribution in [-0.2, 0) is 9.47 Å². The van der Waals surface area contributed by atoms with E-state index in [0.717, 1.165) is 18.2 Å². The Balaban J connectivity index is 2.17. The largest absolute Gasteiger partial charge is 0.461 e. The van der Waals surface area contributed by atoms with E-state index in [2.05, 4.69) is 37.6 Å². The molecule has 0 bridgehead atoms. The monoisotopic (exact) mass is 298 g/mol. The Bertz CT molecular complexity index is 480. The molecule has 2 rings (SSSR count). The fourth-order valence-corrected chi connectivity index (χ4v) is 3.43. The molecule has 1 aliphatic rings. The molecule has 1 aromatic heterocycles. The molecule has 0 aliphatic carbocycles. The first kappa shape index (κ1) is 15.3.